The van der Waals surface area contributed by atoms with Crippen molar-refractivity contribution in [2.75, 3.05) is 0 Å². The van der Waals surface area contributed by atoms with Crippen molar-refractivity contribution in [3.05, 3.63) is 64.7 Å². The SMILES string of the molecule is Cc1ccc(F)cc1COc1ccc([C@H](C)N)c(F)c1. The number of nitrogens with two attached hydrogens (primary N) is 1. The van der Waals surface area contributed by atoms with E-state index >= 15 is 0 Å². The van der Waals surface area contributed by atoms with E-state index in [1.165, 1.54) is 18.2 Å². The Morgan fingerprint density at radius 3 is 2.55 bits per heavy atom. The number of ether oxygens (including phenoxy) is 1. The molecule has 4 heteroatoms. The third kappa shape index (κ3) is 3.33. The molecule has 20 heavy (non-hydrogen) atoms. The van der Waals surface area contributed by atoms with Gasteiger partial charge in [-0.1, -0.05) is 12.1 Å². The van der Waals surface area contributed by atoms with Crippen molar-refractivity contribution in [1.82, 2.24) is 0 Å². The summed E-state index contributed by atoms with van der Waals surface area (Å²) in [5, 5.41) is 0. The summed E-state index contributed by atoms with van der Waals surface area (Å²) in [7, 11) is 0. The second-order valence-corrected chi connectivity index (χ2v) is 4.83. The van der Waals surface area contributed by atoms with Crippen molar-refractivity contribution in [3.8, 4) is 5.75 Å². The van der Waals surface area contributed by atoms with Crippen molar-refractivity contribution in [2.45, 2.75) is 26.5 Å². The molecule has 2 nitrogen and oxygen atoms in total. The minimum Gasteiger partial charge on any atom is -0.489 e. The zero-order chi connectivity index (χ0) is 14.7. The summed E-state index contributed by atoms with van der Waals surface area (Å²) in [4.78, 5) is 0. The molecule has 0 fully saturated rings. The summed E-state index contributed by atoms with van der Waals surface area (Å²) in [6.07, 6.45) is 0. The van der Waals surface area contributed by atoms with Gasteiger partial charge in [0.05, 0.1) is 0 Å². The Morgan fingerprint density at radius 1 is 1.15 bits per heavy atom. The van der Waals surface area contributed by atoms with Gasteiger partial charge in [0, 0.05) is 17.7 Å². The molecule has 0 saturated heterocycles. The lowest BCUT2D eigenvalue weighted by molar-refractivity contribution is 0.303. The van der Waals surface area contributed by atoms with Gasteiger partial charge in [0.15, 0.2) is 0 Å². The molecule has 2 N–H and O–H groups in total. The van der Waals surface area contributed by atoms with Crippen LogP contribution in [0.1, 0.15) is 29.7 Å². The van der Waals surface area contributed by atoms with Crippen molar-refractivity contribution < 1.29 is 13.5 Å². The van der Waals surface area contributed by atoms with Crippen LogP contribution in [0.15, 0.2) is 36.4 Å². The normalized spacial score (nSPS) is 12.2. The van der Waals surface area contributed by atoms with Crippen LogP contribution in [-0.4, -0.2) is 0 Å². The number of benzene rings is 2. The van der Waals surface area contributed by atoms with Crippen LogP contribution >= 0.6 is 0 Å². The lowest BCUT2D eigenvalue weighted by atomic mass is 10.1. The molecule has 2 aromatic rings. The first-order valence-corrected chi connectivity index (χ1v) is 6.40. The zero-order valence-electron chi connectivity index (χ0n) is 11.5. The predicted molar refractivity (Wildman–Crippen MR) is 74.5 cm³/mol. The highest BCUT2D eigenvalue weighted by Gasteiger charge is 2.08. The van der Waals surface area contributed by atoms with Crippen LogP contribution in [0.25, 0.3) is 0 Å². The third-order valence-corrected chi connectivity index (χ3v) is 3.17. The quantitative estimate of drug-likeness (QED) is 0.920. The molecule has 2 rings (SSSR count). The average molecular weight is 277 g/mol. The molecule has 0 aromatic heterocycles. The van der Waals surface area contributed by atoms with Crippen LogP contribution in [0.4, 0.5) is 8.78 Å². The lowest BCUT2D eigenvalue weighted by Crippen LogP contribution is -2.07. The Bertz CT molecular complexity index is 611. The molecule has 1 atom stereocenters. The Kier molecular flexibility index (Phi) is 4.35. The van der Waals surface area contributed by atoms with Crippen molar-refractivity contribution in [3.63, 3.8) is 0 Å². The molecule has 0 unspecified atom stereocenters. The molecular formula is C16H17F2NO. The summed E-state index contributed by atoms with van der Waals surface area (Å²) in [6.45, 7) is 3.79. The summed E-state index contributed by atoms with van der Waals surface area (Å²) < 4.78 is 32.4. The maximum atomic E-state index is 13.8. The van der Waals surface area contributed by atoms with E-state index in [-0.39, 0.29) is 18.5 Å². The van der Waals surface area contributed by atoms with Gasteiger partial charge in [-0.15, -0.1) is 0 Å². The van der Waals surface area contributed by atoms with E-state index in [0.29, 0.717) is 11.3 Å². The van der Waals surface area contributed by atoms with Gasteiger partial charge in [-0.25, -0.2) is 8.78 Å². The fraction of sp³-hybridized carbons (Fsp3) is 0.250. The summed E-state index contributed by atoms with van der Waals surface area (Å²) in [6, 6.07) is 8.71. The van der Waals surface area contributed by atoms with Crippen molar-refractivity contribution in [1.29, 1.82) is 0 Å². The first-order valence-electron chi connectivity index (χ1n) is 6.40. The minimum atomic E-state index is -0.395. The van der Waals surface area contributed by atoms with E-state index in [1.54, 1.807) is 25.1 Å². The standard InChI is InChI=1S/C16H17F2NO/c1-10-3-4-13(17)7-12(10)9-20-14-5-6-15(11(2)19)16(18)8-14/h3-8,11H,9,19H2,1-2H3/t11-/m0/s1. The Balaban J connectivity index is 2.11. The fourth-order valence-corrected chi connectivity index (χ4v) is 1.92. The van der Waals surface area contributed by atoms with Crippen molar-refractivity contribution in [2.24, 2.45) is 5.73 Å². The van der Waals surface area contributed by atoms with Gasteiger partial charge in [-0.3, -0.25) is 0 Å². The number of halogens is 2. The van der Waals surface area contributed by atoms with E-state index in [2.05, 4.69) is 0 Å². The topological polar surface area (TPSA) is 35.2 Å². The molecule has 106 valence electrons. The van der Waals surface area contributed by atoms with Gasteiger partial charge in [-0.05, 0) is 43.2 Å². The molecule has 0 aliphatic heterocycles. The van der Waals surface area contributed by atoms with E-state index in [1.807, 2.05) is 6.92 Å². The zero-order valence-corrected chi connectivity index (χ0v) is 11.5. The molecule has 0 spiro atoms. The maximum Gasteiger partial charge on any atom is 0.131 e. The minimum absolute atomic E-state index is 0.195. The van der Waals surface area contributed by atoms with E-state index in [9.17, 15) is 8.78 Å². The summed E-state index contributed by atoms with van der Waals surface area (Å²) >= 11 is 0. The summed E-state index contributed by atoms with van der Waals surface area (Å²) in [5.41, 5.74) is 7.75. The molecule has 0 radical (unpaired) electrons. The van der Waals surface area contributed by atoms with Crippen molar-refractivity contribution >= 4 is 0 Å². The van der Waals surface area contributed by atoms with Crippen LogP contribution in [0.3, 0.4) is 0 Å². The molecule has 0 saturated carbocycles. The number of hydrogen-bond acceptors (Lipinski definition) is 2. The van der Waals surface area contributed by atoms with E-state index in [4.69, 9.17) is 10.5 Å². The summed E-state index contributed by atoms with van der Waals surface area (Å²) in [5.74, 6) is -0.309. The van der Waals surface area contributed by atoms with E-state index in [0.717, 1.165) is 11.1 Å². The van der Waals surface area contributed by atoms with Crippen LogP contribution in [0.5, 0.6) is 5.75 Å². The fourth-order valence-electron chi connectivity index (χ4n) is 1.92. The van der Waals surface area contributed by atoms with Crippen LogP contribution in [0, 0.1) is 18.6 Å². The van der Waals surface area contributed by atoms with Crippen LogP contribution < -0.4 is 10.5 Å². The van der Waals surface area contributed by atoms with Gasteiger partial charge in [0.25, 0.3) is 0 Å². The van der Waals surface area contributed by atoms with Crippen LogP contribution in [-0.2, 0) is 6.61 Å². The van der Waals surface area contributed by atoms with Gasteiger partial charge in [0.2, 0.25) is 0 Å². The highest BCUT2D eigenvalue weighted by atomic mass is 19.1. The number of rotatable bonds is 4. The molecule has 0 bridgehead atoms. The number of aryl methyl sites for hydroxylation is 1. The van der Waals surface area contributed by atoms with Gasteiger partial charge < -0.3 is 10.5 Å². The molecular weight excluding hydrogens is 260 g/mol. The van der Waals surface area contributed by atoms with Gasteiger partial charge >= 0.3 is 0 Å². The van der Waals surface area contributed by atoms with E-state index < -0.39 is 5.82 Å². The highest BCUT2D eigenvalue weighted by Crippen LogP contribution is 2.22. The second kappa shape index (κ2) is 6.01. The smallest absolute Gasteiger partial charge is 0.131 e. The van der Waals surface area contributed by atoms with Gasteiger partial charge in [-0.2, -0.15) is 0 Å². The Labute approximate surface area is 117 Å². The molecule has 0 heterocycles. The first kappa shape index (κ1) is 14.5. The van der Waals surface area contributed by atoms with Crippen LogP contribution in [0.2, 0.25) is 0 Å². The Hall–Kier alpha value is -1.94. The second-order valence-electron chi connectivity index (χ2n) is 4.83. The molecule has 0 aliphatic rings. The molecule has 0 amide bonds. The van der Waals surface area contributed by atoms with Gasteiger partial charge in [0.1, 0.15) is 24.0 Å². The Morgan fingerprint density at radius 2 is 1.90 bits per heavy atom. The third-order valence-electron chi connectivity index (χ3n) is 3.17. The number of hydrogen-bond donors (Lipinski definition) is 1. The monoisotopic (exact) mass is 277 g/mol. The molecule has 0 aliphatic carbocycles. The average Bonchev–Trinajstić information content (AvgIpc) is 2.39. The first-order chi connectivity index (χ1) is 9.47. The lowest BCUT2D eigenvalue weighted by Gasteiger charge is -2.11. The predicted octanol–water partition coefficient (Wildman–Crippen LogP) is 3.87. The largest absolute Gasteiger partial charge is 0.489 e. The highest BCUT2D eigenvalue weighted by molar-refractivity contribution is 5.31. The maximum absolute atomic E-state index is 13.8. The molecule has 2 aromatic carbocycles.